The highest BCUT2D eigenvalue weighted by Crippen LogP contribution is 2.21. The van der Waals surface area contributed by atoms with Crippen LogP contribution in [-0.2, 0) is 11.2 Å². The van der Waals surface area contributed by atoms with Gasteiger partial charge in [0.25, 0.3) is 0 Å². The molecule has 1 aromatic heterocycles. The third-order valence-corrected chi connectivity index (χ3v) is 3.65. The Bertz CT molecular complexity index is 880. The summed E-state index contributed by atoms with van der Waals surface area (Å²) in [6.07, 6.45) is 0.174. The van der Waals surface area contributed by atoms with Crippen molar-refractivity contribution in [1.29, 1.82) is 0 Å². The summed E-state index contributed by atoms with van der Waals surface area (Å²) >= 11 is 0. The quantitative estimate of drug-likeness (QED) is 0.732. The molecule has 26 heavy (non-hydrogen) atoms. The van der Waals surface area contributed by atoms with Crippen LogP contribution in [-0.4, -0.2) is 22.7 Å². The van der Waals surface area contributed by atoms with Gasteiger partial charge in [0, 0.05) is 17.3 Å². The van der Waals surface area contributed by atoms with Crippen molar-refractivity contribution in [2.45, 2.75) is 13.3 Å². The van der Waals surface area contributed by atoms with Gasteiger partial charge in [-0.05, 0) is 42.8 Å². The Morgan fingerprint density at radius 3 is 2.58 bits per heavy atom. The Hall–Kier alpha value is -3.28. The van der Waals surface area contributed by atoms with Crippen LogP contribution in [0, 0.1) is 5.82 Å². The molecular formula is C20H18FN3O2. The SMILES string of the molecule is CCOc1ccc(-c2cccc(NC(=O)Cc3ccc(F)cc3)c2)nn1. The van der Waals surface area contributed by atoms with Crippen molar-refractivity contribution in [1.82, 2.24) is 10.2 Å². The molecule has 3 rings (SSSR count). The van der Waals surface area contributed by atoms with Gasteiger partial charge in [-0.15, -0.1) is 10.2 Å². The topological polar surface area (TPSA) is 64.1 Å². The molecule has 0 aliphatic carbocycles. The van der Waals surface area contributed by atoms with Crippen molar-refractivity contribution >= 4 is 11.6 Å². The number of anilines is 1. The molecule has 0 atom stereocenters. The van der Waals surface area contributed by atoms with E-state index in [1.807, 2.05) is 31.2 Å². The van der Waals surface area contributed by atoms with Crippen LogP contribution in [0.2, 0.25) is 0 Å². The van der Waals surface area contributed by atoms with Crippen molar-refractivity contribution in [2.24, 2.45) is 0 Å². The van der Waals surface area contributed by atoms with Crippen molar-refractivity contribution in [3.63, 3.8) is 0 Å². The highest BCUT2D eigenvalue weighted by molar-refractivity contribution is 5.92. The lowest BCUT2D eigenvalue weighted by atomic mass is 10.1. The van der Waals surface area contributed by atoms with Gasteiger partial charge < -0.3 is 10.1 Å². The summed E-state index contributed by atoms with van der Waals surface area (Å²) in [5, 5.41) is 11.0. The van der Waals surface area contributed by atoms with Gasteiger partial charge >= 0.3 is 0 Å². The van der Waals surface area contributed by atoms with Crippen LogP contribution in [0.15, 0.2) is 60.7 Å². The van der Waals surface area contributed by atoms with Gasteiger partial charge in [-0.3, -0.25) is 4.79 Å². The number of amides is 1. The van der Waals surface area contributed by atoms with E-state index in [-0.39, 0.29) is 18.1 Å². The van der Waals surface area contributed by atoms with E-state index >= 15 is 0 Å². The number of benzene rings is 2. The minimum Gasteiger partial charge on any atom is -0.477 e. The third-order valence-electron chi connectivity index (χ3n) is 3.65. The predicted octanol–water partition coefficient (Wildman–Crippen LogP) is 3.86. The number of ether oxygens (including phenoxy) is 1. The third kappa shape index (κ3) is 4.63. The average Bonchev–Trinajstić information content (AvgIpc) is 2.65. The normalized spacial score (nSPS) is 10.4. The monoisotopic (exact) mass is 351 g/mol. The van der Waals surface area contributed by atoms with Gasteiger partial charge in [-0.25, -0.2) is 4.39 Å². The molecule has 0 aliphatic heterocycles. The Balaban J connectivity index is 1.68. The van der Waals surface area contributed by atoms with E-state index in [0.717, 1.165) is 11.1 Å². The number of carbonyl (C=O) groups is 1. The van der Waals surface area contributed by atoms with E-state index in [1.165, 1.54) is 12.1 Å². The molecule has 1 N–H and O–H groups in total. The fraction of sp³-hybridized carbons (Fsp3) is 0.150. The van der Waals surface area contributed by atoms with E-state index in [9.17, 15) is 9.18 Å². The highest BCUT2D eigenvalue weighted by atomic mass is 19.1. The number of carbonyl (C=O) groups excluding carboxylic acids is 1. The van der Waals surface area contributed by atoms with E-state index in [1.54, 1.807) is 24.3 Å². The minimum absolute atomic E-state index is 0.174. The van der Waals surface area contributed by atoms with E-state index < -0.39 is 0 Å². The first-order valence-electron chi connectivity index (χ1n) is 8.25. The van der Waals surface area contributed by atoms with Gasteiger partial charge in [0.1, 0.15) is 5.82 Å². The molecule has 6 heteroatoms. The highest BCUT2D eigenvalue weighted by Gasteiger charge is 2.07. The van der Waals surface area contributed by atoms with Crippen LogP contribution in [0.4, 0.5) is 10.1 Å². The first-order valence-corrected chi connectivity index (χ1v) is 8.25. The maximum atomic E-state index is 12.9. The fourth-order valence-corrected chi connectivity index (χ4v) is 2.45. The first kappa shape index (κ1) is 17.5. The summed E-state index contributed by atoms with van der Waals surface area (Å²) in [6.45, 7) is 2.41. The number of hydrogen-bond acceptors (Lipinski definition) is 4. The number of aromatic nitrogens is 2. The molecule has 0 fully saturated rings. The molecule has 0 saturated heterocycles. The van der Waals surface area contributed by atoms with E-state index in [4.69, 9.17) is 4.74 Å². The van der Waals surface area contributed by atoms with Crippen molar-refractivity contribution in [3.8, 4) is 17.1 Å². The summed E-state index contributed by atoms with van der Waals surface area (Å²) in [7, 11) is 0. The molecule has 0 saturated carbocycles. The van der Waals surface area contributed by atoms with Crippen molar-refractivity contribution in [3.05, 3.63) is 72.0 Å². The summed E-state index contributed by atoms with van der Waals surface area (Å²) in [5.41, 5.74) is 2.92. The summed E-state index contributed by atoms with van der Waals surface area (Å²) in [4.78, 5) is 12.2. The van der Waals surface area contributed by atoms with Crippen molar-refractivity contribution in [2.75, 3.05) is 11.9 Å². The predicted molar refractivity (Wildman–Crippen MR) is 97.4 cm³/mol. The Labute approximate surface area is 150 Å². The molecule has 0 spiro atoms. The number of nitrogens with zero attached hydrogens (tertiary/aromatic N) is 2. The fourth-order valence-electron chi connectivity index (χ4n) is 2.45. The molecule has 1 heterocycles. The second-order valence-corrected chi connectivity index (χ2v) is 5.62. The molecule has 0 bridgehead atoms. The van der Waals surface area contributed by atoms with E-state index in [0.29, 0.717) is 23.9 Å². The second kappa shape index (κ2) is 8.20. The summed E-state index contributed by atoms with van der Waals surface area (Å²) in [5.74, 6) is -0.0233. The molecule has 132 valence electrons. The second-order valence-electron chi connectivity index (χ2n) is 5.62. The maximum absolute atomic E-state index is 12.9. The molecular weight excluding hydrogens is 333 g/mol. The Morgan fingerprint density at radius 2 is 1.88 bits per heavy atom. The van der Waals surface area contributed by atoms with Crippen molar-refractivity contribution < 1.29 is 13.9 Å². The molecule has 3 aromatic rings. The van der Waals surface area contributed by atoms with Crippen LogP contribution in [0.3, 0.4) is 0 Å². The molecule has 5 nitrogen and oxygen atoms in total. The lowest BCUT2D eigenvalue weighted by molar-refractivity contribution is -0.115. The maximum Gasteiger partial charge on any atom is 0.233 e. The van der Waals surface area contributed by atoms with Gasteiger partial charge in [0.15, 0.2) is 0 Å². The Kier molecular flexibility index (Phi) is 5.53. The van der Waals surface area contributed by atoms with Gasteiger partial charge in [0.2, 0.25) is 11.8 Å². The van der Waals surface area contributed by atoms with Crippen LogP contribution in [0.1, 0.15) is 12.5 Å². The largest absolute Gasteiger partial charge is 0.477 e. The number of hydrogen-bond donors (Lipinski definition) is 1. The van der Waals surface area contributed by atoms with Gasteiger partial charge in [0.05, 0.1) is 18.7 Å². The average molecular weight is 351 g/mol. The summed E-state index contributed by atoms with van der Waals surface area (Å²) in [6, 6.07) is 16.8. The first-order chi connectivity index (χ1) is 12.6. The molecule has 0 radical (unpaired) electrons. The standard InChI is InChI=1S/C20H18FN3O2/c1-2-26-20-11-10-18(23-24-20)15-4-3-5-17(13-15)22-19(25)12-14-6-8-16(21)9-7-14/h3-11,13H,2,12H2,1H3,(H,22,25). The van der Waals surface area contributed by atoms with Gasteiger partial charge in [-0.2, -0.15) is 0 Å². The zero-order valence-corrected chi connectivity index (χ0v) is 14.3. The number of rotatable bonds is 6. The lowest BCUT2D eigenvalue weighted by Gasteiger charge is -2.08. The summed E-state index contributed by atoms with van der Waals surface area (Å²) < 4.78 is 18.2. The van der Waals surface area contributed by atoms with Crippen LogP contribution < -0.4 is 10.1 Å². The molecule has 0 aliphatic rings. The Morgan fingerprint density at radius 1 is 1.08 bits per heavy atom. The zero-order chi connectivity index (χ0) is 18.4. The molecule has 1 amide bonds. The number of halogens is 1. The van der Waals surface area contributed by atoms with Crippen LogP contribution >= 0.6 is 0 Å². The molecule has 2 aromatic carbocycles. The minimum atomic E-state index is -0.321. The van der Waals surface area contributed by atoms with Crippen LogP contribution in [0.25, 0.3) is 11.3 Å². The smallest absolute Gasteiger partial charge is 0.233 e. The number of nitrogens with one attached hydrogen (secondary N) is 1. The molecule has 0 unspecified atom stereocenters. The van der Waals surface area contributed by atoms with Gasteiger partial charge in [-0.1, -0.05) is 24.3 Å². The van der Waals surface area contributed by atoms with Crippen LogP contribution in [0.5, 0.6) is 5.88 Å². The lowest BCUT2D eigenvalue weighted by Crippen LogP contribution is -2.14. The van der Waals surface area contributed by atoms with E-state index in [2.05, 4.69) is 15.5 Å². The zero-order valence-electron chi connectivity index (χ0n) is 14.3.